The molecule has 13 heteroatoms. The summed E-state index contributed by atoms with van der Waals surface area (Å²) in [6.45, 7) is 5.33. The Labute approximate surface area is 230 Å². The van der Waals surface area contributed by atoms with Crippen molar-refractivity contribution >= 4 is 17.8 Å². The molecule has 0 N–H and O–H groups in total. The zero-order valence-corrected chi connectivity index (χ0v) is 22.7. The van der Waals surface area contributed by atoms with Gasteiger partial charge >= 0.3 is 12.1 Å². The van der Waals surface area contributed by atoms with E-state index in [9.17, 15) is 19.7 Å². The van der Waals surface area contributed by atoms with E-state index in [1.165, 1.54) is 28.9 Å². The lowest BCUT2D eigenvalue weighted by atomic mass is 10.0. The molecule has 13 nitrogen and oxygen atoms in total. The van der Waals surface area contributed by atoms with Crippen LogP contribution in [0.4, 0.5) is 10.5 Å². The molecule has 0 radical (unpaired) electrons. The maximum absolute atomic E-state index is 12.2. The van der Waals surface area contributed by atoms with Gasteiger partial charge in [0.15, 0.2) is 0 Å². The van der Waals surface area contributed by atoms with E-state index in [1.54, 1.807) is 13.1 Å². The molecule has 3 aromatic rings. The molecule has 1 aliphatic carbocycles. The lowest BCUT2D eigenvalue weighted by molar-refractivity contribution is -0.384. The van der Waals surface area contributed by atoms with E-state index in [0.29, 0.717) is 34.9 Å². The van der Waals surface area contributed by atoms with Gasteiger partial charge in [-0.2, -0.15) is 0 Å². The van der Waals surface area contributed by atoms with Gasteiger partial charge in [-0.25, -0.2) is 14.5 Å². The van der Waals surface area contributed by atoms with Crippen LogP contribution in [-0.4, -0.2) is 49.2 Å². The highest BCUT2D eigenvalue weighted by Crippen LogP contribution is 2.33. The van der Waals surface area contributed by atoms with Crippen molar-refractivity contribution in [2.24, 2.45) is 13.0 Å². The molecule has 0 amide bonds. The molecule has 1 aromatic carbocycles. The number of ether oxygens (including phenoxy) is 4. The maximum atomic E-state index is 12.2. The molecule has 0 aliphatic heterocycles. The standard InChI is InChI=1S/C27H31N5O8/c1-16(2)38-25(33)14-18-5-8-21(13-18)39-24-12-11-22(28-17(24)3)26-23(31(4)30-29-26)15-37-27(34)40-20-9-6-19(7-10-20)32(35)36/h6-7,9-12,16,18,21H,5,8,13-15H2,1-4H3/t18-,21-/m0/s1. The Morgan fingerprint density at radius 3 is 2.58 bits per heavy atom. The first-order valence-corrected chi connectivity index (χ1v) is 12.9. The molecule has 0 bridgehead atoms. The van der Waals surface area contributed by atoms with Crippen molar-refractivity contribution in [3.8, 4) is 22.9 Å². The molecule has 4 rings (SSSR count). The average molecular weight is 554 g/mol. The minimum absolute atomic E-state index is 0.00885. The third kappa shape index (κ3) is 7.30. The molecule has 2 aromatic heterocycles. The summed E-state index contributed by atoms with van der Waals surface area (Å²) in [5.41, 5.74) is 2.00. The monoisotopic (exact) mass is 553 g/mol. The number of non-ortho nitro benzene ring substituents is 1. The number of aryl methyl sites for hydroxylation is 2. The topological polar surface area (TPSA) is 158 Å². The van der Waals surface area contributed by atoms with Crippen LogP contribution in [0.3, 0.4) is 0 Å². The van der Waals surface area contributed by atoms with E-state index in [4.69, 9.17) is 18.9 Å². The van der Waals surface area contributed by atoms with Gasteiger partial charge in [-0.05, 0) is 70.2 Å². The van der Waals surface area contributed by atoms with Gasteiger partial charge < -0.3 is 18.9 Å². The molecule has 2 atom stereocenters. The number of aromatic nitrogens is 4. The van der Waals surface area contributed by atoms with E-state index in [0.717, 1.165) is 19.3 Å². The van der Waals surface area contributed by atoms with E-state index in [1.807, 2.05) is 26.8 Å². The summed E-state index contributed by atoms with van der Waals surface area (Å²) in [7, 11) is 1.66. The third-order valence-corrected chi connectivity index (χ3v) is 6.41. The van der Waals surface area contributed by atoms with Crippen LogP contribution in [0.25, 0.3) is 11.4 Å². The van der Waals surface area contributed by atoms with Crippen molar-refractivity contribution in [2.45, 2.75) is 65.3 Å². The van der Waals surface area contributed by atoms with Gasteiger partial charge in [-0.1, -0.05) is 5.21 Å². The highest BCUT2D eigenvalue weighted by molar-refractivity contribution is 5.70. The molecule has 0 spiro atoms. The Morgan fingerprint density at radius 1 is 1.15 bits per heavy atom. The Balaban J connectivity index is 1.35. The zero-order valence-electron chi connectivity index (χ0n) is 22.7. The Morgan fingerprint density at radius 2 is 1.90 bits per heavy atom. The summed E-state index contributed by atoms with van der Waals surface area (Å²) >= 11 is 0. The second kappa shape index (κ2) is 12.5. The number of pyridine rings is 1. The van der Waals surface area contributed by atoms with Gasteiger partial charge in [0.2, 0.25) is 0 Å². The summed E-state index contributed by atoms with van der Waals surface area (Å²) in [6, 6.07) is 8.64. The number of carbonyl (C=O) groups is 2. The van der Waals surface area contributed by atoms with Crippen LogP contribution in [0, 0.1) is 23.0 Å². The molecule has 212 valence electrons. The Kier molecular flexibility index (Phi) is 8.92. The number of nitro benzene ring substituents is 1. The second-order valence-electron chi connectivity index (χ2n) is 9.84. The summed E-state index contributed by atoms with van der Waals surface area (Å²) < 4.78 is 23.3. The number of benzene rings is 1. The second-order valence-corrected chi connectivity index (χ2v) is 9.84. The minimum atomic E-state index is -0.985. The van der Waals surface area contributed by atoms with Crippen LogP contribution < -0.4 is 9.47 Å². The first kappa shape index (κ1) is 28.5. The van der Waals surface area contributed by atoms with E-state index >= 15 is 0 Å². The molecule has 0 unspecified atom stereocenters. The summed E-state index contributed by atoms with van der Waals surface area (Å²) in [4.78, 5) is 39.0. The molecule has 2 heterocycles. The SMILES string of the molecule is Cc1nc(-c2nnn(C)c2COC(=O)Oc2ccc([N+](=O)[O-])cc2)ccc1O[C@H]1CC[C@H](CC(=O)OC(C)C)C1. The fourth-order valence-corrected chi connectivity index (χ4v) is 4.48. The fourth-order valence-electron chi connectivity index (χ4n) is 4.48. The van der Waals surface area contributed by atoms with E-state index in [-0.39, 0.29) is 42.1 Å². The molecular weight excluding hydrogens is 522 g/mol. The fraction of sp³-hybridized carbons (Fsp3) is 0.444. The molecular formula is C27H31N5O8. The van der Waals surface area contributed by atoms with E-state index in [2.05, 4.69) is 15.3 Å². The van der Waals surface area contributed by atoms with Crippen molar-refractivity contribution in [2.75, 3.05) is 0 Å². The van der Waals surface area contributed by atoms with Crippen molar-refractivity contribution < 1.29 is 33.5 Å². The van der Waals surface area contributed by atoms with Gasteiger partial charge in [0.1, 0.15) is 29.5 Å². The minimum Gasteiger partial charge on any atom is -0.489 e. The van der Waals surface area contributed by atoms with Crippen molar-refractivity contribution in [3.05, 3.63) is 57.9 Å². The third-order valence-electron chi connectivity index (χ3n) is 6.41. The number of hydrogen-bond acceptors (Lipinski definition) is 11. The smallest absolute Gasteiger partial charge is 0.489 e. The number of rotatable bonds is 10. The number of esters is 1. The van der Waals surface area contributed by atoms with Gasteiger partial charge in [0.05, 0.1) is 28.5 Å². The Bertz CT molecular complexity index is 1370. The predicted octanol–water partition coefficient (Wildman–Crippen LogP) is 4.70. The highest BCUT2D eigenvalue weighted by Gasteiger charge is 2.29. The Hall–Kier alpha value is -4.55. The molecule has 1 fully saturated rings. The molecule has 1 saturated carbocycles. The van der Waals surface area contributed by atoms with Crippen molar-refractivity contribution in [3.63, 3.8) is 0 Å². The van der Waals surface area contributed by atoms with Gasteiger partial charge in [-0.15, -0.1) is 5.10 Å². The summed E-state index contributed by atoms with van der Waals surface area (Å²) in [5, 5.41) is 19.0. The van der Waals surface area contributed by atoms with Crippen molar-refractivity contribution in [1.82, 2.24) is 20.0 Å². The molecule has 40 heavy (non-hydrogen) atoms. The van der Waals surface area contributed by atoms with Crippen LogP contribution >= 0.6 is 0 Å². The van der Waals surface area contributed by atoms with Crippen LogP contribution in [0.15, 0.2) is 36.4 Å². The van der Waals surface area contributed by atoms with Gasteiger partial charge in [0, 0.05) is 25.6 Å². The molecule has 0 saturated heterocycles. The lowest BCUT2D eigenvalue weighted by Crippen LogP contribution is -2.17. The van der Waals surface area contributed by atoms with Gasteiger partial charge in [-0.3, -0.25) is 14.9 Å². The number of carbonyl (C=O) groups excluding carboxylic acids is 2. The van der Waals surface area contributed by atoms with Crippen LogP contribution in [0.1, 0.15) is 50.9 Å². The average Bonchev–Trinajstić information content (AvgIpc) is 3.49. The first-order valence-electron chi connectivity index (χ1n) is 12.9. The summed E-state index contributed by atoms with van der Waals surface area (Å²) in [6.07, 6.45) is 1.81. The van der Waals surface area contributed by atoms with Crippen molar-refractivity contribution in [1.29, 1.82) is 0 Å². The van der Waals surface area contributed by atoms with Crippen LogP contribution in [0.2, 0.25) is 0 Å². The number of hydrogen-bond donors (Lipinski definition) is 0. The van der Waals surface area contributed by atoms with Crippen LogP contribution in [0.5, 0.6) is 11.5 Å². The zero-order chi connectivity index (χ0) is 28.8. The maximum Gasteiger partial charge on any atom is 0.514 e. The van der Waals surface area contributed by atoms with Gasteiger partial charge in [0.25, 0.3) is 5.69 Å². The lowest BCUT2D eigenvalue weighted by Gasteiger charge is -2.16. The summed E-state index contributed by atoms with van der Waals surface area (Å²) in [5.74, 6) is 0.813. The number of nitrogens with zero attached hydrogens (tertiary/aromatic N) is 5. The van der Waals surface area contributed by atoms with Crippen LogP contribution in [-0.2, 0) is 27.9 Å². The predicted molar refractivity (Wildman–Crippen MR) is 140 cm³/mol. The normalized spacial score (nSPS) is 16.5. The van der Waals surface area contributed by atoms with E-state index < -0.39 is 11.1 Å². The molecule has 1 aliphatic rings. The first-order chi connectivity index (χ1) is 19.1. The highest BCUT2D eigenvalue weighted by atomic mass is 16.7. The largest absolute Gasteiger partial charge is 0.514 e. The number of nitro groups is 1. The quantitative estimate of drug-likeness (QED) is 0.148.